The van der Waals surface area contributed by atoms with Crippen LogP contribution in [-0.2, 0) is 0 Å². The van der Waals surface area contributed by atoms with Crippen LogP contribution < -0.4 is 0 Å². The number of aromatic nitrogens is 7. The highest BCUT2D eigenvalue weighted by molar-refractivity contribution is 6.10. The van der Waals surface area contributed by atoms with Crippen molar-refractivity contribution in [2.45, 2.75) is 0 Å². The van der Waals surface area contributed by atoms with Gasteiger partial charge >= 0.3 is 0 Å². The fourth-order valence-electron chi connectivity index (χ4n) is 8.00. The van der Waals surface area contributed by atoms with E-state index in [0.29, 0.717) is 17.5 Å². The molecule has 0 radical (unpaired) electrons. The van der Waals surface area contributed by atoms with Crippen LogP contribution in [0, 0.1) is 0 Å². The first kappa shape index (κ1) is 35.7. The summed E-state index contributed by atoms with van der Waals surface area (Å²) in [5.74, 6) is 1.79. The summed E-state index contributed by atoms with van der Waals surface area (Å²) in [6, 6.07) is 68.6. The molecule has 11 aromatic rings. The molecule has 61 heavy (non-hydrogen) atoms. The minimum absolute atomic E-state index is 0.582. The summed E-state index contributed by atoms with van der Waals surface area (Å²) in [6.07, 6.45) is 3.57. The molecule has 0 aliphatic carbocycles. The van der Waals surface area contributed by atoms with Gasteiger partial charge in [-0.1, -0.05) is 127 Å². The van der Waals surface area contributed by atoms with Gasteiger partial charge in [-0.2, -0.15) is 0 Å². The van der Waals surface area contributed by atoms with E-state index in [1.807, 2.05) is 78.9 Å². The van der Waals surface area contributed by atoms with Crippen molar-refractivity contribution in [2.75, 3.05) is 0 Å². The lowest BCUT2D eigenvalue weighted by atomic mass is 10.00. The lowest BCUT2D eigenvalue weighted by molar-refractivity contribution is 1.07. The summed E-state index contributed by atoms with van der Waals surface area (Å²) in [7, 11) is 0. The van der Waals surface area contributed by atoms with Crippen LogP contribution in [0.1, 0.15) is 0 Å². The average Bonchev–Trinajstić information content (AvgIpc) is 3.68. The van der Waals surface area contributed by atoms with Crippen molar-refractivity contribution in [3.8, 4) is 84.9 Å². The molecule has 0 unspecified atom stereocenters. The molecule has 0 bridgehead atoms. The van der Waals surface area contributed by atoms with Gasteiger partial charge in [0.25, 0.3) is 0 Å². The van der Waals surface area contributed by atoms with Crippen LogP contribution in [-0.4, -0.2) is 34.5 Å². The maximum Gasteiger partial charge on any atom is 0.164 e. The molecule has 0 spiro atoms. The number of nitrogens with zero attached hydrogens (tertiary/aromatic N) is 7. The predicted molar refractivity (Wildman–Crippen MR) is 246 cm³/mol. The predicted octanol–water partition coefficient (Wildman–Crippen LogP) is 12.8. The molecule has 0 aliphatic rings. The smallest absolute Gasteiger partial charge is 0.164 e. The van der Waals surface area contributed by atoms with Crippen LogP contribution in [0.25, 0.3) is 107 Å². The quantitative estimate of drug-likeness (QED) is 0.153. The third kappa shape index (κ3) is 6.90. The van der Waals surface area contributed by atoms with E-state index < -0.39 is 0 Å². The minimum Gasteiger partial charge on any atom is -0.309 e. The third-order valence-corrected chi connectivity index (χ3v) is 11.0. The second-order valence-corrected chi connectivity index (χ2v) is 14.8. The molecular formula is C54H35N7. The largest absolute Gasteiger partial charge is 0.309 e. The molecule has 5 aromatic heterocycles. The van der Waals surface area contributed by atoms with Gasteiger partial charge in [0.05, 0.1) is 33.8 Å². The number of benzene rings is 6. The van der Waals surface area contributed by atoms with Crippen LogP contribution in [0.15, 0.2) is 213 Å². The summed E-state index contributed by atoms with van der Waals surface area (Å²) in [5.41, 5.74) is 13.5. The standard InChI is InChI=1S/C54H35N7/c1-3-14-37(15-4-1)52-58-53(38-26-24-36(25-27-38)40-28-29-51-45(33-40)44-20-7-8-23-50(44)61(51)43-18-5-2-6-19-43)60-54(59-52)41-17-13-16-39(32-41)42-34-48(46-21-9-11-30-55-46)57-49(35-42)47-22-10-12-31-56-47/h1-35H. The Labute approximate surface area is 352 Å². The van der Waals surface area contributed by atoms with Gasteiger partial charge in [0.15, 0.2) is 17.5 Å². The third-order valence-electron chi connectivity index (χ3n) is 11.0. The number of fused-ring (bicyclic) bond motifs is 3. The summed E-state index contributed by atoms with van der Waals surface area (Å²) < 4.78 is 2.34. The van der Waals surface area contributed by atoms with E-state index in [-0.39, 0.29) is 0 Å². The molecular weight excluding hydrogens is 747 g/mol. The molecule has 11 rings (SSSR count). The molecule has 5 heterocycles. The van der Waals surface area contributed by atoms with E-state index in [0.717, 1.165) is 67.4 Å². The van der Waals surface area contributed by atoms with Crippen molar-refractivity contribution in [1.82, 2.24) is 34.5 Å². The molecule has 0 atom stereocenters. The fraction of sp³-hybridized carbons (Fsp3) is 0. The van der Waals surface area contributed by atoms with Gasteiger partial charge in [0.2, 0.25) is 0 Å². The molecule has 286 valence electrons. The molecule has 6 aromatic carbocycles. The Balaban J connectivity index is 0.981. The molecule has 0 fully saturated rings. The van der Waals surface area contributed by atoms with Gasteiger partial charge in [-0.15, -0.1) is 0 Å². The zero-order valence-corrected chi connectivity index (χ0v) is 32.8. The Morgan fingerprint density at radius 3 is 1.46 bits per heavy atom. The maximum atomic E-state index is 5.12. The zero-order chi connectivity index (χ0) is 40.5. The maximum absolute atomic E-state index is 5.12. The second kappa shape index (κ2) is 15.4. The van der Waals surface area contributed by atoms with Gasteiger partial charge in [-0.25, -0.2) is 19.9 Å². The SMILES string of the molecule is c1ccc(-c2nc(-c3ccc(-c4ccc5c(c4)c4ccccc4n5-c4ccccc4)cc3)nc(-c3cccc(-c4cc(-c5ccccn5)nc(-c5ccccn5)c4)c3)n2)cc1. The molecule has 0 aliphatic heterocycles. The summed E-state index contributed by atoms with van der Waals surface area (Å²) in [4.78, 5) is 29.4. The molecule has 7 heteroatoms. The van der Waals surface area contributed by atoms with Gasteiger partial charge < -0.3 is 4.57 Å². The van der Waals surface area contributed by atoms with Crippen molar-refractivity contribution < 1.29 is 0 Å². The Hall–Kier alpha value is -8.42. The number of para-hydroxylation sites is 2. The fourth-order valence-corrected chi connectivity index (χ4v) is 8.00. The van der Waals surface area contributed by atoms with Crippen molar-refractivity contribution in [3.05, 3.63) is 213 Å². The average molecular weight is 782 g/mol. The monoisotopic (exact) mass is 781 g/mol. The van der Waals surface area contributed by atoms with E-state index in [1.165, 1.54) is 21.8 Å². The van der Waals surface area contributed by atoms with Crippen molar-refractivity contribution >= 4 is 21.8 Å². The van der Waals surface area contributed by atoms with Crippen LogP contribution in [0.4, 0.5) is 0 Å². The molecule has 0 saturated carbocycles. The lowest BCUT2D eigenvalue weighted by Crippen LogP contribution is -2.00. The van der Waals surface area contributed by atoms with E-state index in [9.17, 15) is 0 Å². The van der Waals surface area contributed by atoms with E-state index in [1.54, 1.807) is 12.4 Å². The van der Waals surface area contributed by atoms with Crippen LogP contribution in [0.3, 0.4) is 0 Å². The first-order chi connectivity index (χ1) is 30.2. The second-order valence-electron chi connectivity index (χ2n) is 14.8. The normalized spacial score (nSPS) is 11.3. The first-order valence-electron chi connectivity index (χ1n) is 20.2. The lowest BCUT2D eigenvalue weighted by Gasteiger charge is -2.12. The van der Waals surface area contributed by atoms with Crippen LogP contribution in [0.5, 0.6) is 0 Å². The Morgan fingerprint density at radius 2 is 0.787 bits per heavy atom. The van der Waals surface area contributed by atoms with Gasteiger partial charge in [-0.05, 0) is 95.1 Å². The highest BCUT2D eigenvalue weighted by Crippen LogP contribution is 2.36. The highest BCUT2D eigenvalue weighted by Gasteiger charge is 2.17. The number of hydrogen-bond donors (Lipinski definition) is 0. The number of rotatable bonds is 8. The van der Waals surface area contributed by atoms with E-state index in [4.69, 9.17) is 19.9 Å². The zero-order valence-electron chi connectivity index (χ0n) is 32.8. The number of pyridine rings is 3. The molecule has 0 N–H and O–H groups in total. The molecule has 7 nitrogen and oxygen atoms in total. The van der Waals surface area contributed by atoms with Crippen molar-refractivity contribution in [2.24, 2.45) is 0 Å². The van der Waals surface area contributed by atoms with Gasteiger partial charge in [0.1, 0.15) is 0 Å². The summed E-state index contributed by atoms with van der Waals surface area (Å²) in [6.45, 7) is 0. The highest BCUT2D eigenvalue weighted by atomic mass is 15.0. The van der Waals surface area contributed by atoms with Gasteiger partial charge in [0, 0.05) is 45.5 Å². The van der Waals surface area contributed by atoms with E-state index >= 15 is 0 Å². The first-order valence-corrected chi connectivity index (χ1v) is 20.2. The summed E-state index contributed by atoms with van der Waals surface area (Å²) in [5, 5.41) is 2.44. The van der Waals surface area contributed by atoms with Crippen molar-refractivity contribution in [3.63, 3.8) is 0 Å². The van der Waals surface area contributed by atoms with Crippen LogP contribution in [0.2, 0.25) is 0 Å². The van der Waals surface area contributed by atoms with Crippen LogP contribution >= 0.6 is 0 Å². The van der Waals surface area contributed by atoms with E-state index in [2.05, 4.69) is 136 Å². The number of hydrogen-bond acceptors (Lipinski definition) is 6. The minimum atomic E-state index is 0.582. The Bertz CT molecular complexity index is 3270. The Kier molecular flexibility index (Phi) is 9.02. The van der Waals surface area contributed by atoms with Gasteiger partial charge in [-0.3, -0.25) is 9.97 Å². The van der Waals surface area contributed by atoms with Crippen molar-refractivity contribution in [1.29, 1.82) is 0 Å². The Morgan fingerprint density at radius 1 is 0.279 bits per heavy atom. The summed E-state index contributed by atoms with van der Waals surface area (Å²) >= 11 is 0. The molecule has 0 amide bonds. The molecule has 0 saturated heterocycles. The topological polar surface area (TPSA) is 82.3 Å².